The van der Waals surface area contributed by atoms with Crippen molar-refractivity contribution in [3.8, 4) is 22.2 Å². The van der Waals surface area contributed by atoms with Crippen molar-refractivity contribution in [3.63, 3.8) is 0 Å². The van der Waals surface area contributed by atoms with Gasteiger partial charge in [0.2, 0.25) is 11.8 Å². The van der Waals surface area contributed by atoms with Crippen LogP contribution in [0.5, 0.6) is 11.5 Å². The fraction of sp³-hybridized carbons (Fsp3) is 0.440. The standard InChI is InChI=1S/C25H31N5O4S/c1-12(2)17-11-35-25(29-17)16-8-19(15-6-7-18(33-5)13(3)22(15)28-16)34-20-10-30(21(31)9-26)23(14(20)4)24(27)32/h6-8,11-12,14,20,23H,9-10,26H2,1-5H3,(H2,27,32). The molecule has 0 bridgehead atoms. The van der Waals surface area contributed by atoms with Gasteiger partial charge < -0.3 is 25.8 Å². The maximum atomic E-state index is 12.4. The Morgan fingerprint density at radius 3 is 2.60 bits per heavy atom. The van der Waals surface area contributed by atoms with Gasteiger partial charge in [0.1, 0.15) is 34.3 Å². The lowest BCUT2D eigenvalue weighted by atomic mass is 10.00. The van der Waals surface area contributed by atoms with Gasteiger partial charge in [0.15, 0.2) is 0 Å². The lowest BCUT2D eigenvalue weighted by Gasteiger charge is -2.22. The zero-order valence-electron chi connectivity index (χ0n) is 20.6. The number of aryl methyl sites for hydroxylation is 1. The van der Waals surface area contributed by atoms with E-state index >= 15 is 0 Å². The van der Waals surface area contributed by atoms with Gasteiger partial charge in [0.05, 0.1) is 31.4 Å². The molecule has 1 saturated heterocycles. The van der Waals surface area contributed by atoms with E-state index in [4.69, 9.17) is 30.9 Å². The number of likely N-dealkylation sites (tertiary alicyclic amines) is 1. The molecule has 0 aliphatic carbocycles. The van der Waals surface area contributed by atoms with Crippen molar-refractivity contribution in [1.82, 2.24) is 14.9 Å². The number of rotatable bonds is 7. The highest BCUT2D eigenvalue weighted by Crippen LogP contribution is 2.38. The quantitative estimate of drug-likeness (QED) is 0.513. The number of aromatic nitrogens is 2. The van der Waals surface area contributed by atoms with E-state index in [9.17, 15) is 9.59 Å². The summed E-state index contributed by atoms with van der Waals surface area (Å²) in [5.74, 6) is 0.388. The maximum absolute atomic E-state index is 12.4. The number of hydrogen-bond acceptors (Lipinski definition) is 8. The molecule has 0 saturated carbocycles. The zero-order chi connectivity index (χ0) is 25.4. The number of primary amides is 1. The first-order chi connectivity index (χ1) is 16.7. The van der Waals surface area contributed by atoms with Crippen molar-refractivity contribution in [1.29, 1.82) is 0 Å². The third-order valence-corrected chi connectivity index (χ3v) is 7.44. The summed E-state index contributed by atoms with van der Waals surface area (Å²) in [6, 6.07) is 4.87. The number of pyridine rings is 1. The van der Waals surface area contributed by atoms with E-state index in [0.717, 1.165) is 32.9 Å². The molecule has 3 unspecified atom stereocenters. The largest absolute Gasteiger partial charge is 0.496 e. The molecule has 35 heavy (non-hydrogen) atoms. The Morgan fingerprint density at radius 1 is 1.26 bits per heavy atom. The summed E-state index contributed by atoms with van der Waals surface area (Å²) in [5.41, 5.74) is 14.5. The molecule has 1 aliphatic rings. The highest BCUT2D eigenvalue weighted by molar-refractivity contribution is 7.13. The highest BCUT2D eigenvalue weighted by atomic mass is 32.1. The second-order valence-corrected chi connectivity index (χ2v) is 10.00. The molecule has 3 heterocycles. The molecule has 1 fully saturated rings. The van der Waals surface area contributed by atoms with Crippen LogP contribution < -0.4 is 20.9 Å². The van der Waals surface area contributed by atoms with Gasteiger partial charge in [-0.15, -0.1) is 11.3 Å². The summed E-state index contributed by atoms with van der Waals surface area (Å²) in [4.78, 5) is 35.7. The number of nitrogens with two attached hydrogens (primary N) is 2. The first-order valence-corrected chi connectivity index (χ1v) is 12.4. The molecular weight excluding hydrogens is 466 g/mol. The fourth-order valence-corrected chi connectivity index (χ4v) is 5.47. The molecule has 1 aliphatic heterocycles. The Bertz CT molecular complexity index is 1270. The average molecular weight is 498 g/mol. The van der Waals surface area contributed by atoms with Crippen LogP contribution in [-0.4, -0.2) is 59.0 Å². The third kappa shape index (κ3) is 4.55. The van der Waals surface area contributed by atoms with Crippen molar-refractivity contribution in [2.75, 3.05) is 20.2 Å². The number of amides is 2. The molecule has 3 aromatic rings. The van der Waals surface area contributed by atoms with Crippen LogP contribution in [0.15, 0.2) is 23.6 Å². The Morgan fingerprint density at radius 2 is 2.00 bits per heavy atom. The fourth-order valence-electron chi connectivity index (χ4n) is 4.53. The van der Waals surface area contributed by atoms with Crippen molar-refractivity contribution in [2.45, 2.75) is 45.8 Å². The number of hydrogen-bond donors (Lipinski definition) is 2. The lowest BCUT2D eigenvalue weighted by molar-refractivity contribution is -0.136. The summed E-state index contributed by atoms with van der Waals surface area (Å²) in [6.45, 7) is 8.02. The van der Waals surface area contributed by atoms with Crippen LogP contribution >= 0.6 is 11.3 Å². The first-order valence-electron chi connectivity index (χ1n) is 11.6. The van der Waals surface area contributed by atoms with Crippen LogP contribution in [0.1, 0.15) is 37.9 Å². The van der Waals surface area contributed by atoms with Crippen LogP contribution in [0.25, 0.3) is 21.6 Å². The smallest absolute Gasteiger partial charge is 0.240 e. The van der Waals surface area contributed by atoms with E-state index in [1.807, 2.05) is 37.4 Å². The van der Waals surface area contributed by atoms with Gasteiger partial charge >= 0.3 is 0 Å². The molecule has 2 amide bonds. The third-order valence-electron chi connectivity index (χ3n) is 6.56. The van der Waals surface area contributed by atoms with Gasteiger partial charge in [-0.2, -0.15) is 0 Å². The van der Waals surface area contributed by atoms with Gasteiger partial charge in [-0.05, 0) is 25.0 Å². The highest BCUT2D eigenvalue weighted by Gasteiger charge is 2.45. The Hall–Kier alpha value is -3.24. The topological polar surface area (TPSA) is 134 Å². The van der Waals surface area contributed by atoms with Crippen LogP contribution in [0, 0.1) is 12.8 Å². The Kier molecular flexibility index (Phi) is 6.95. The number of thiazole rings is 1. The molecule has 0 radical (unpaired) electrons. The number of carbonyl (C=O) groups excluding carboxylic acids is 2. The van der Waals surface area contributed by atoms with Crippen LogP contribution in [-0.2, 0) is 9.59 Å². The Labute approximate surface area is 208 Å². The van der Waals surface area contributed by atoms with Crippen LogP contribution in [0.4, 0.5) is 0 Å². The maximum Gasteiger partial charge on any atom is 0.240 e. The number of carbonyl (C=O) groups is 2. The van der Waals surface area contributed by atoms with Gasteiger partial charge in [0.25, 0.3) is 0 Å². The van der Waals surface area contributed by atoms with Gasteiger partial charge in [0, 0.05) is 28.3 Å². The summed E-state index contributed by atoms with van der Waals surface area (Å²) >= 11 is 1.53. The molecule has 0 spiro atoms. The van der Waals surface area contributed by atoms with Crippen molar-refractivity contribution in [2.24, 2.45) is 17.4 Å². The number of benzene rings is 1. The first kappa shape index (κ1) is 24.9. The minimum absolute atomic E-state index is 0.202. The number of methoxy groups -OCH3 is 1. The average Bonchev–Trinajstić information content (AvgIpc) is 3.45. The van der Waals surface area contributed by atoms with Gasteiger partial charge in [-0.1, -0.05) is 20.8 Å². The van der Waals surface area contributed by atoms with Crippen LogP contribution in [0.2, 0.25) is 0 Å². The minimum atomic E-state index is -0.780. The van der Waals surface area contributed by atoms with E-state index in [2.05, 4.69) is 13.8 Å². The van der Waals surface area contributed by atoms with E-state index in [-0.39, 0.29) is 24.9 Å². The normalized spacial score (nSPS) is 20.0. The molecule has 10 heteroatoms. The molecule has 4 rings (SSSR count). The Balaban J connectivity index is 1.80. The number of fused-ring (bicyclic) bond motifs is 1. The summed E-state index contributed by atoms with van der Waals surface area (Å²) < 4.78 is 12.0. The molecule has 1 aromatic carbocycles. The molecule has 2 aromatic heterocycles. The van der Waals surface area contributed by atoms with E-state index in [0.29, 0.717) is 17.4 Å². The van der Waals surface area contributed by atoms with Crippen molar-refractivity contribution >= 4 is 34.1 Å². The molecular formula is C25H31N5O4S. The summed E-state index contributed by atoms with van der Waals surface area (Å²) in [5, 5.41) is 3.63. The van der Waals surface area contributed by atoms with Crippen LogP contribution in [0.3, 0.4) is 0 Å². The second kappa shape index (κ2) is 9.79. The molecule has 3 atom stereocenters. The zero-order valence-corrected chi connectivity index (χ0v) is 21.4. The molecule has 4 N–H and O–H groups in total. The lowest BCUT2D eigenvalue weighted by Crippen LogP contribution is -2.48. The summed E-state index contributed by atoms with van der Waals surface area (Å²) in [7, 11) is 1.62. The predicted octanol–water partition coefficient (Wildman–Crippen LogP) is 2.84. The van der Waals surface area contributed by atoms with Gasteiger partial charge in [-0.3, -0.25) is 9.59 Å². The number of ether oxygens (including phenoxy) is 2. The monoisotopic (exact) mass is 497 g/mol. The second-order valence-electron chi connectivity index (χ2n) is 9.14. The SMILES string of the molecule is COc1ccc2c(OC3CN(C(=O)CN)C(C(N)=O)C3C)cc(-c3nc(C(C)C)cs3)nc2c1C. The summed E-state index contributed by atoms with van der Waals surface area (Å²) in [6.07, 6.45) is -0.452. The van der Waals surface area contributed by atoms with Gasteiger partial charge in [-0.25, -0.2) is 9.97 Å². The predicted molar refractivity (Wildman–Crippen MR) is 136 cm³/mol. The molecule has 186 valence electrons. The van der Waals surface area contributed by atoms with E-state index < -0.39 is 18.1 Å². The number of nitrogens with zero attached hydrogens (tertiary/aromatic N) is 3. The minimum Gasteiger partial charge on any atom is -0.496 e. The molecule has 9 nitrogen and oxygen atoms in total. The van der Waals surface area contributed by atoms with E-state index in [1.54, 1.807) is 7.11 Å². The van der Waals surface area contributed by atoms with E-state index in [1.165, 1.54) is 16.2 Å². The van der Waals surface area contributed by atoms with Crippen molar-refractivity contribution in [3.05, 3.63) is 34.8 Å². The van der Waals surface area contributed by atoms with Crippen molar-refractivity contribution < 1.29 is 19.1 Å².